The molecule has 1 fully saturated rings. The van der Waals surface area contributed by atoms with E-state index in [-0.39, 0.29) is 24.3 Å². The van der Waals surface area contributed by atoms with Crippen molar-refractivity contribution in [3.05, 3.63) is 29.8 Å². The number of esters is 1. The minimum absolute atomic E-state index is 0.0406. The van der Waals surface area contributed by atoms with Gasteiger partial charge >= 0.3 is 5.97 Å². The summed E-state index contributed by atoms with van der Waals surface area (Å²) in [6, 6.07) is 7.71. The Morgan fingerprint density at radius 1 is 1.28 bits per heavy atom. The first kappa shape index (κ1) is 22.5. The number of carbonyl (C=O) groups is 2. The van der Waals surface area contributed by atoms with Crippen molar-refractivity contribution in [2.75, 3.05) is 47.4 Å². The Morgan fingerprint density at radius 2 is 2.00 bits per heavy atom. The maximum atomic E-state index is 12.2. The molecule has 1 saturated heterocycles. The zero-order chi connectivity index (χ0) is 21.2. The highest BCUT2D eigenvalue weighted by molar-refractivity contribution is 5.87. The van der Waals surface area contributed by atoms with Gasteiger partial charge in [-0.3, -0.25) is 9.59 Å². The molecule has 1 amide bonds. The molecule has 29 heavy (non-hydrogen) atoms. The van der Waals surface area contributed by atoms with Crippen LogP contribution in [0.5, 0.6) is 5.75 Å². The van der Waals surface area contributed by atoms with Crippen molar-refractivity contribution in [1.82, 2.24) is 15.1 Å². The molecule has 1 aromatic rings. The lowest BCUT2D eigenvalue weighted by Gasteiger charge is -2.34. The second-order valence-electron chi connectivity index (χ2n) is 7.17. The summed E-state index contributed by atoms with van der Waals surface area (Å²) in [4.78, 5) is 32.5. The first-order chi connectivity index (χ1) is 13.9. The zero-order valence-electron chi connectivity index (χ0n) is 17.8. The summed E-state index contributed by atoms with van der Waals surface area (Å²) in [5, 5.41) is 3.16. The van der Waals surface area contributed by atoms with Gasteiger partial charge in [0.1, 0.15) is 5.75 Å². The average molecular weight is 405 g/mol. The van der Waals surface area contributed by atoms with E-state index in [1.165, 1.54) is 4.90 Å². The van der Waals surface area contributed by atoms with E-state index in [2.05, 4.69) is 5.32 Å². The number of nitrogens with zero attached hydrogens (tertiary/aromatic N) is 3. The van der Waals surface area contributed by atoms with Gasteiger partial charge in [-0.1, -0.05) is 12.1 Å². The number of aliphatic imine (C=N–C) groups is 1. The third-order valence-corrected chi connectivity index (χ3v) is 4.81. The maximum Gasteiger partial charge on any atom is 0.310 e. The number of methoxy groups -OCH3 is 1. The Labute approximate surface area is 172 Å². The number of piperidine rings is 1. The van der Waals surface area contributed by atoms with Crippen LogP contribution in [-0.4, -0.2) is 75.1 Å². The molecule has 0 aromatic heterocycles. The van der Waals surface area contributed by atoms with Gasteiger partial charge in [0.05, 0.1) is 32.7 Å². The summed E-state index contributed by atoms with van der Waals surface area (Å²) in [5.74, 6) is 1.03. The van der Waals surface area contributed by atoms with Gasteiger partial charge in [0, 0.05) is 27.2 Å². The lowest BCUT2D eigenvalue weighted by Crippen LogP contribution is -2.50. The standard InChI is InChI=1S/C21H32N4O4/c1-5-29-20(27)17-7-6-12-25(15-17)21(23-14-19(26)24(2)3)22-13-16-8-10-18(28-4)11-9-16/h8-11,17H,5-7,12-15H2,1-4H3,(H,22,23). The fourth-order valence-corrected chi connectivity index (χ4v) is 3.10. The monoisotopic (exact) mass is 404 g/mol. The van der Waals surface area contributed by atoms with Crippen LogP contribution in [0.3, 0.4) is 0 Å². The summed E-state index contributed by atoms with van der Waals surface area (Å²) in [7, 11) is 5.07. The van der Waals surface area contributed by atoms with E-state index in [0.717, 1.165) is 30.7 Å². The Kier molecular flexibility index (Phi) is 8.76. The topological polar surface area (TPSA) is 83.5 Å². The SMILES string of the molecule is CCOC(=O)C1CCCN(C(=NCc2ccc(OC)cc2)NCC(=O)N(C)C)C1. The predicted octanol–water partition coefficient (Wildman–Crippen LogP) is 1.50. The highest BCUT2D eigenvalue weighted by atomic mass is 16.5. The van der Waals surface area contributed by atoms with Crippen LogP contribution in [0.4, 0.5) is 0 Å². The number of nitrogens with one attached hydrogen (secondary N) is 1. The number of benzene rings is 1. The van der Waals surface area contributed by atoms with Gasteiger partial charge in [0.25, 0.3) is 0 Å². The summed E-state index contributed by atoms with van der Waals surface area (Å²) in [6.07, 6.45) is 1.67. The molecule has 0 bridgehead atoms. The molecule has 1 N–H and O–H groups in total. The number of rotatable bonds is 7. The van der Waals surface area contributed by atoms with E-state index in [9.17, 15) is 9.59 Å². The van der Waals surface area contributed by atoms with Crippen molar-refractivity contribution in [2.24, 2.45) is 10.9 Å². The summed E-state index contributed by atoms with van der Waals surface area (Å²) in [6.45, 7) is 4.11. The highest BCUT2D eigenvalue weighted by Crippen LogP contribution is 2.18. The Balaban J connectivity index is 2.12. The van der Waals surface area contributed by atoms with Crippen molar-refractivity contribution < 1.29 is 19.1 Å². The van der Waals surface area contributed by atoms with E-state index < -0.39 is 0 Å². The van der Waals surface area contributed by atoms with Crippen molar-refractivity contribution >= 4 is 17.8 Å². The zero-order valence-corrected chi connectivity index (χ0v) is 17.8. The molecule has 0 radical (unpaired) electrons. The number of hydrogen-bond acceptors (Lipinski definition) is 5. The highest BCUT2D eigenvalue weighted by Gasteiger charge is 2.28. The van der Waals surface area contributed by atoms with E-state index in [1.54, 1.807) is 21.2 Å². The van der Waals surface area contributed by atoms with Crippen molar-refractivity contribution in [3.63, 3.8) is 0 Å². The van der Waals surface area contributed by atoms with Crippen molar-refractivity contribution in [3.8, 4) is 5.75 Å². The van der Waals surface area contributed by atoms with E-state index in [1.807, 2.05) is 36.1 Å². The van der Waals surface area contributed by atoms with Crippen molar-refractivity contribution in [1.29, 1.82) is 0 Å². The number of amides is 1. The summed E-state index contributed by atoms with van der Waals surface area (Å²) >= 11 is 0. The Bertz CT molecular complexity index is 703. The van der Waals surface area contributed by atoms with Crippen LogP contribution in [0.1, 0.15) is 25.3 Å². The van der Waals surface area contributed by atoms with Gasteiger partial charge in [-0.05, 0) is 37.5 Å². The van der Waals surface area contributed by atoms with Crippen molar-refractivity contribution in [2.45, 2.75) is 26.3 Å². The average Bonchev–Trinajstić information content (AvgIpc) is 2.74. The molecular formula is C21H32N4O4. The fourth-order valence-electron chi connectivity index (χ4n) is 3.10. The van der Waals surface area contributed by atoms with E-state index in [0.29, 0.717) is 25.7 Å². The number of carbonyl (C=O) groups excluding carboxylic acids is 2. The van der Waals surface area contributed by atoms with Crippen LogP contribution in [-0.2, 0) is 20.9 Å². The molecule has 0 spiro atoms. The molecule has 8 heteroatoms. The Morgan fingerprint density at radius 3 is 2.62 bits per heavy atom. The van der Waals surface area contributed by atoms with Gasteiger partial charge in [-0.15, -0.1) is 0 Å². The smallest absolute Gasteiger partial charge is 0.310 e. The van der Waals surface area contributed by atoms with Crippen LogP contribution < -0.4 is 10.1 Å². The molecule has 1 unspecified atom stereocenters. The Hall–Kier alpha value is -2.77. The minimum atomic E-state index is -0.179. The van der Waals surface area contributed by atoms with Crippen LogP contribution in [0, 0.1) is 5.92 Å². The molecule has 2 rings (SSSR count). The number of likely N-dealkylation sites (N-methyl/N-ethyl adjacent to an activating group) is 1. The maximum absolute atomic E-state index is 12.2. The first-order valence-electron chi connectivity index (χ1n) is 9.97. The molecule has 0 saturated carbocycles. The third kappa shape index (κ3) is 6.96. The van der Waals surface area contributed by atoms with Gasteiger partial charge in [0.2, 0.25) is 5.91 Å². The van der Waals surface area contributed by atoms with E-state index >= 15 is 0 Å². The molecule has 160 valence electrons. The predicted molar refractivity (Wildman–Crippen MR) is 112 cm³/mol. The normalized spacial score (nSPS) is 16.9. The summed E-state index contributed by atoms with van der Waals surface area (Å²) < 4.78 is 10.4. The lowest BCUT2D eigenvalue weighted by molar-refractivity contribution is -0.149. The molecule has 1 heterocycles. The van der Waals surface area contributed by atoms with Gasteiger partial charge in [-0.25, -0.2) is 4.99 Å². The molecule has 0 aliphatic carbocycles. The molecule has 1 aromatic carbocycles. The number of guanidine groups is 1. The molecule has 1 aliphatic rings. The van der Waals surface area contributed by atoms with Gasteiger partial charge < -0.3 is 24.6 Å². The van der Waals surface area contributed by atoms with Crippen LogP contribution in [0.2, 0.25) is 0 Å². The second-order valence-corrected chi connectivity index (χ2v) is 7.17. The number of hydrogen-bond donors (Lipinski definition) is 1. The molecule has 8 nitrogen and oxygen atoms in total. The second kappa shape index (κ2) is 11.3. The quantitative estimate of drug-likeness (QED) is 0.421. The fraction of sp³-hybridized carbons (Fsp3) is 0.571. The molecular weight excluding hydrogens is 372 g/mol. The first-order valence-corrected chi connectivity index (χ1v) is 9.97. The van der Waals surface area contributed by atoms with Crippen LogP contribution in [0.15, 0.2) is 29.3 Å². The van der Waals surface area contributed by atoms with Crippen LogP contribution >= 0.6 is 0 Å². The van der Waals surface area contributed by atoms with Gasteiger partial charge in [-0.2, -0.15) is 0 Å². The summed E-state index contributed by atoms with van der Waals surface area (Å²) in [5.41, 5.74) is 1.03. The van der Waals surface area contributed by atoms with Gasteiger partial charge in [0.15, 0.2) is 5.96 Å². The van der Waals surface area contributed by atoms with Crippen LogP contribution in [0.25, 0.3) is 0 Å². The minimum Gasteiger partial charge on any atom is -0.497 e. The molecule has 1 aliphatic heterocycles. The third-order valence-electron chi connectivity index (χ3n) is 4.81. The lowest BCUT2D eigenvalue weighted by atomic mass is 9.98. The molecule has 1 atom stereocenters. The van der Waals surface area contributed by atoms with E-state index in [4.69, 9.17) is 14.5 Å². The number of ether oxygens (including phenoxy) is 2. The largest absolute Gasteiger partial charge is 0.497 e. The number of likely N-dealkylation sites (tertiary alicyclic amines) is 1.